The van der Waals surface area contributed by atoms with E-state index in [4.69, 9.17) is 15.2 Å². The molecule has 0 fully saturated rings. The number of carbonyl (C=O) groups excluding carboxylic acids is 1. The number of rotatable bonds is 2. The van der Waals surface area contributed by atoms with Crippen LogP contribution in [-0.2, 0) is 0 Å². The zero-order valence-corrected chi connectivity index (χ0v) is 12.6. The molecule has 0 spiro atoms. The van der Waals surface area contributed by atoms with Crippen LogP contribution in [0.3, 0.4) is 0 Å². The monoisotopic (exact) mass is 348 g/mol. The van der Waals surface area contributed by atoms with Gasteiger partial charge < -0.3 is 20.5 Å². The maximum atomic E-state index is 12.3. The Morgan fingerprint density at radius 2 is 1.86 bits per heavy atom. The molecule has 0 radical (unpaired) electrons. The SMILES string of the molecule is Nc1ccc(Br)c(C(=O)Nc2ccc3c(c2)OCCO3)c1. The highest BCUT2D eigenvalue weighted by atomic mass is 79.9. The number of amides is 1. The Kier molecular flexibility index (Phi) is 3.70. The average Bonchev–Trinajstić information content (AvgIpc) is 2.49. The van der Waals surface area contributed by atoms with Gasteiger partial charge in [-0.25, -0.2) is 0 Å². The van der Waals surface area contributed by atoms with Crippen molar-refractivity contribution < 1.29 is 14.3 Å². The maximum Gasteiger partial charge on any atom is 0.256 e. The van der Waals surface area contributed by atoms with E-state index in [0.29, 0.717) is 46.1 Å². The fourth-order valence-corrected chi connectivity index (χ4v) is 2.46. The van der Waals surface area contributed by atoms with Crippen molar-refractivity contribution >= 4 is 33.2 Å². The van der Waals surface area contributed by atoms with Crippen molar-refractivity contribution in [3.63, 3.8) is 0 Å². The number of ether oxygens (including phenoxy) is 2. The van der Waals surface area contributed by atoms with E-state index in [9.17, 15) is 4.79 Å². The summed E-state index contributed by atoms with van der Waals surface area (Å²) in [5.41, 5.74) is 7.36. The van der Waals surface area contributed by atoms with Gasteiger partial charge in [-0.05, 0) is 46.3 Å². The van der Waals surface area contributed by atoms with Gasteiger partial charge in [-0.15, -0.1) is 0 Å². The maximum absolute atomic E-state index is 12.3. The Labute approximate surface area is 130 Å². The summed E-state index contributed by atoms with van der Waals surface area (Å²) in [5.74, 6) is 1.07. The summed E-state index contributed by atoms with van der Waals surface area (Å²) < 4.78 is 11.6. The van der Waals surface area contributed by atoms with E-state index in [1.807, 2.05) is 0 Å². The standard InChI is InChI=1S/C15H13BrN2O3/c16-12-3-1-9(17)7-11(12)15(19)18-10-2-4-13-14(8-10)21-6-5-20-13/h1-4,7-8H,5-6,17H2,(H,18,19). The number of nitrogen functional groups attached to an aromatic ring is 1. The Morgan fingerprint density at radius 3 is 2.67 bits per heavy atom. The molecule has 0 atom stereocenters. The van der Waals surface area contributed by atoms with Crippen LogP contribution in [0.25, 0.3) is 0 Å². The van der Waals surface area contributed by atoms with Crippen LogP contribution in [0.15, 0.2) is 40.9 Å². The van der Waals surface area contributed by atoms with Crippen LogP contribution >= 0.6 is 15.9 Å². The smallest absolute Gasteiger partial charge is 0.256 e. The van der Waals surface area contributed by atoms with E-state index in [2.05, 4.69) is 21.2 Å². The zero-order valence-electron chi connectivity index (χ0n) is 11.1. The number of hydrogen-bond acceptors (Lipinski definition) is 4. The quantitative estimate of drug-likeness (QED) is 0.818. The topological polar surface area (TPSA) is 73.6 Å². The van der Waals surface area contributed by atoms with Crippen LogP contribution in [0.5, 0.6) is 11.5 Å². The number of fused-ring (bicyclic) bond motifs is 1. The number of benzene rings is 2. The summed E-state index contributed by atoms with van der Waals surface area (Å²) in [4.78, 5) is 12.3. The van der Waals surface area contributed by atoms with Crippen LogP contribution in [0, 0.1) is 0 Å². The fourth-order valence-electron chi connectivity index (χ4n) is 2.04. The first kappa shape index (κ1) is 13.8. The second-order valence-electron chi connectivity index (χ2n) is 4.55. The summed E-state index contributed by atoms with van der Waals surface area (Å²) in [7, 11) is 0. The lowest BCUT2D eigenvalue weighted by Gasteiger charge is -2.19. The average molecular weight is 349 g/mol. The van der Waals surface area contributed by atoms with Gasteiger partial charge in [0.1, 0.15) is 13.2 Å². The third-order valence-corrected chi connectivity index (χ3v) is 3.73. The molecule has 3 rings (SSSR count). The van der Waals surface area contributed by atoms with E-state index in [1.54, 1.807) is 36.4 Å². The second-order valence-corrected chi connectivity index (χ2v) is 5.41. The molecule has 21 heavy (non-hydrogen) atoms. The summed E-state index contributed by atoms with van der Waals surface area (Å²) in [6.07, 6.45) is 0. The molecule has 3 N–H and O–H groups in total. The second kappa shape index (κ2) is 5.65. The molecule has 0 unspecified atom stereocenters. The van der Waals surface area contributed by atoms with Gasteiger partial charge in [0, 0.05) is 21.9 Å². The third kappa shape index (κ3) is 2.95. The molecule has 2 aromatic carbocycles. The van der Waals surface area contributed by atoms with Gasteiger partial charge in [-0.1, -0.05) is 0 Å². The van der Waals surface area contributed by atoms with Gasteiger partial charge in [-0.3, -0.25) is 4.79 Å². The van der Waals surface area contributed by atoms with E-state index < -0.39 is 0 Å². The van der Waals surface area contributed by atoms with Crippen molar-refractivity contribution in [2.75, 3.05) is 24.3 Å². The van der Waals surface area contributed by atoms with E-state index >= 15 is 0 Å². The van der Waals surface area contributed by atoms with Crippen molar-refractivity contribution in [2.45, 2.75) is 0 Å². The lowest BCUT2D eigenvalue weighted by Crippen LogP contribution is -2.16. The molecule has 6 heteroatoms. The van der Waals surface area contributed by atoms with Crippen molar-refractivity contribution in [3.05, 3.63) is 46.4 Å². The number of nitrogens with one attached hydrogen (secondary N) is 1. The molecule has 2 aromatic rings. The highest BCUT2D eigenvalue weighted by Crippen LogP contribution is 2.33. The lowest BCUT2D eigenvalue weighted by molar-refractivity contribution is 0.102. The van der Waals surface area contributed by atoms with Crippen LogP contribution in [-0.4, -0.2) is 19.1 Å². The van der Waals surface area contributed by atoms with Gasteiger partial charge in [0.15, 0.2) is 11.5 Å². The molecule has 0 saturated carbocycles. The Balaban J connectivity index is 1.83. The van der Waals surface area contributed by atoms with E-state index in [-0.39, 0.29) is 5.91 Å². The third-order valence-electron chi connectivity index (χ3n) is 3.04. The fraction of sp³-hybridized carbons (Fsp3) is 0.133. The van der Waals surface area contributed by atoms with Crippen LogP contribution < -0.4 is 20.5 Å². The van der Waals surface area contributed by atoms with Crippen molar-refractivity contribution in [2.24, 2.45) is 0 Å². The Bertz CT molecular complexity index is 703. The number of halogens is 1. The van der Waals surface area contributed by atoms with Crippen molar-refractivity contribution in [1.82, 2.24) is 0 Å². The van der Waals surface area contributed by atoms with Crippen molar-refractivity contribution in [1.29, 1.82) is 0 Å². The first-order valence-electron chi connectivity index (χ1n) is 6.39. The van der Waals surface area contributed by atoms with Gasteiger partial charge in [0.05, 0.1) is 5.56 Å². The molecule has 0 bridgehead atoms. The summed E-state index contributed by atoms with van der Waals surface area (Å²) >= 11 is 3.34. The predicted octanol–water partition coefficient (Wildman–Crippen LogP) is 3.05. The molecule has 108 valence electrons. The Morgan fingerprint density at radius 1 is 1.10 bits per heavy atom. The van der Waals surface area contributed by atoms with Crippen molar-refractivity contribution in [3.8, 4) is 11.5 Å². The molecule has 5 nitrogen and oxygen atoms in total. The van der Waals surface area contributed by atoms with Gasteiger partial charge in [0.25, 0.3) is 5.91 Å². The van der Waals surface area contributed by atoms with Gasteiger partial charge >= 0.3 is 0 Å². The van der Waals surface area contributed by atoms with Gasteiger partial charge in [-0.2, -0.15) is 0 Å². The normalized spacial score (nSPS) is 12.8. The molecule has 1 amide bonds. The summed E-state index contributed by atoms with van der Waals surface area (Å²) in [6, 6.07) is 10.4. The predicted molar refractivity (Wildman–Crippen MR) is 83.9 cm³/mol. The number of carbonyl (C=O) groups is 1. The number of hydrogen-bond donors (Lipinski definition) is 2. The molecule has 1 heterocycles. The summed E-state index contributed by atoms with van der Waals surface area (Å²) in [5, 5.41) is 2.82. The first-order chi connectivity index (χ1) is 10.1. The van der Waals surface area contributed by atoms with Crippen LogP contribution in [0.4, 0.5) is 11.4 Å². The Hall–Kier alpha value is -2.21. The largest absolute Gasteiger partial charge is 0.486 e. The first-order valence-corrected chi connectivity index (χ1v) is 7.19. The van der Waals surface area contributed by atoms with E-state index in [1.165, 1.54) is 0 Å². The molecule has 0 aromatic heterocycles. The van der Waals surface area contributed by atoms with Gasteiger partial charge in [0.2, 0.25) is 0 Å². The highest BCUT2D eigenvalue weighted by Gasteiger charge is 2.14. The minimum atomic E-state index is -0.245. The molecule has 0 aliphatic carbocycles. The summed E-state index contributed by atoms with van der Waals surface area (Å²) in [6.45, 7) is 1.04. The molecule has 1 aliphatic heterocycles. The highest BCUT2D eigenvalue weighted by molar-refractivity contribution is 9.10. The molecule has 0 saturated heterocycles. The zero-order chi connectivity index (χ0) is 14.8. The minimum Gasteiger partial charge on any atom is -0.486 e. The molecule has 1 aliphatic rings. The van der Waals surface area contributed by atoms with Crippen LogP contribution in [0.1, 0.15) is 10.4 Å². The number of nitrogens with two attached hydrogens (primary N) is 1. The molecular weight excluding hydrogens is 336 g/mol. The van der Waals surface area contributed by atoms with E-state index in [0.717, 1.165) is 0 Å². The minimum absolute atomic E-state index is 0.245. The molecular formula is C15H13BrN2O3. The van der Waals surface area contributed by atoms with Crippen LogP contribution in [0.2, 0.25) is 0 Å². The lowest BCUT2D eigenvalue weighted by atomic mass is 10.2. The number of anilines is 2.